The van der Waals surface area contributed by atoms with Crippen LogP contribution in [0.15, 0.2) is 57.2 Å². The van der Waals surface area contributed by atoms with Gasteiger partial charge in [-0.1, -0.05) is 29.3 Å². The number of hydrogen-bond donors (Lipinski definition) is 1. The van der Waals surface area contributed by atoms with E-state index in [9.17, 15) is 16.8 Å². The summed E-state index contributed by atoms with van der Waals surface area (Å²) in [5.41, 5.74) is 0.892. The van der Waals surface area contributed by atoms with Gasteiger partial charge in [0, 0.05) is 0 Å². The molecule has 0 saturated carbocycles. The van der Waals surface area contributed by atoms with Crippen LogP contribution in [-0.4, -0.2) is 21.4 Å². The van der Waals surface area contributed by atoms with Crippen LogP contribution in [0.1, 0.15) is 5.56 Å². The Kier molecular flexibility index (Phi) is 4.12. The Morgan fingerprint density at radius 2 is 1.43 bits per heavy atom. The minimum Gasteiger partial charge on any atom is -0.282 e. The number of sulfone groups is 1. The fourth-order valence-electron chi connectivity index (χ4n) is 1.70. The Balaban J connectivity index is 2.64. The van der Waals surface area contributed by atoms with Crippen molar-refractivity contribution in [1.29, 1.82) is 0 Å². The highest BCUT2D eigenvalue weighted by atomic mass is 35.5. The Bertz CT molecular complexity index is 885. The van der Waals surface area contributed by atoms with Crippen LogP contribution in [0.5, 0.6) is 0 Å². The third kappa shape index (κ3) is 3.26. The Morgan fingerprint density at radius 3 is 1.95 bits per heavy atom. The lowest BCUT2D eigenvalue weighted by atomic mass is 10.2. The first kappa shape index (κ1) is 16.0. The van der Waals surface area contributed by atoms with Crippen molar-refractivity contribution >= 4 is 31.6 Å². The predicted molar refractivity (Wildman–Crippen MR) is 77.9 cm³/mol. The maximum atomic E-state index is 12.4. The second kappa shape index (κ2) is 5.42. The molecule has 0 amide bonds. The molecule has 2 rings (SSSR count). The third-order valence-electron chi connectivity index (χ3n) is 2.82. The van der Waals surface area contributed by atoms with Crippen molar-refractivity contribution in [3.8, 4) is 0 Å². The highest BCUT2D eigenvalue weighted by Gasteiger charge is 2.22. The summed E-state index contributed by atoms with van der Waals surface area (Å²) in [7, 11) is -8.49. The summed E-state index contributed by atoms with van der Waals surface area (Å²) < 4.78 is 56.3. The van der Waals surface area contributed by atoms with Crippen LogP contribution in [0.2, 0.25) is 5.02 Å². The van der Waals surface area contributed by atoms with E-state index in [0.29, 0.717) is 0 Å². The second-order valence-electron chi connectivity index (χ2n) is 4.38. The van der Waals surface area contributed by atoms with Gasteiger partial charge in [0.05, 0.1) is 14.8 Å². The van der Waals surface area contributed by atoms with Crippen LogP contribution in [0.3, 0.4) is 0 Å². The van der Waals surface area contributed by atoms with Gasteiger partial charge in [-0.2, -0.15) is 8.42 Å². The molecule has 0 unspecified atom stereocenters. The molecule has 0 fully saturated rings. The fourth-order valence-corrected chi connectivity index (χ4v) is 4.06. The molecule has 8 heteroatoms. The molecule has 0 bridgehead atoms. The molecule has 0 aliphatic rings. The summed E-state index contributed by atoms with van der Waals surface area (Å²) in [5.74, 6) is 0. The zero-order valence-electron chi connectivity index (χ0n) is 10.8. The highest BCUT2D eigenvalue weighted by Crippen LogP contribution is 2.28. The second-order valence-corrected chi connectivity index (χ2v) is 8.13. The van der Waals surface area contributed by atoms with Gasteiger partial charge in [-0.05, 0) is 37.3 Å². The van der Waals surface area contributed by atoms with Gasteiger partial charge < -0.3 is 0 Å². The minimum absolute atomic E-state index is 0.0247. The van der Waals surface area contributed by atoms with Crippen LogP contribution in [0, 0.1) is 6.92 Å². The van der Waals surface area contributed by atoms with Gasteiger partial charge in [-0.25, -0.2) is 8.42 Å². The molecule has 112 valence electrons. The number of rotatable bonds is 3. The monoisotopic (exact) mass is 346 g/mol. The van der Waals surface area contributed by atoms with E-state index in [-0.39, 0.29) is 14.8 Å². The number of benzene rings is 2. The van der Waals surface area contributed by atoms with Gasteiger partial charge in [0.15, 0.2) is 0 Å². The standard InChI is InChI=1S/C13H11ClO5S2/c1-9-2-4-10(5-3-9)20(15,16)11-6-7-12(14)13(8-11)21(17,18)19/h2-8H,1H3,(H,17,18,19). The van der Waals surface area contributed by atoms with E-state index in [1.807, 2.05) is 6.92 Å². The summed E-state index contributed by atoms with van der Waals surface area (Å²) in [6.07, 6.45) is 0. The molecule has 0 radical (unpaired) electrons. The van der Waals surface area contributed by atoms with E-state index < -0.39 is 24.9 Å². The Hall–Kier alpha value is -1.41. The topological polar surface area (TPSA) is 88.5 Å². The number of hydrogen-bond acceptors (Lipinski definition) is 4. The molecule has 2 aromatic rings. The lowest BCUT2D eigenvalue weighted by Gasteiger charge is -2.07. The molecule has 0 aromatic heterocycles. The summed E-state index contributed by atoms with van der Waals surface area (Å²) >= 11 is 5.66. The molecular weight excluding hydrogens is 336 g/mol. The third-order valence-corrected chi connectivity index (χ3v) is 5.92. The lowest BCUT2D eigenvalue weighted by molar-refractivity contribution is 0.483. The van der Waals surface area contributed by atoms with Gasteiger partial charge in [0.25, 0.3) is 10.1 Å². The number of aryl methyl sites for hydroxylation is 1. The first-order chi connectivity index (χ1) is 9.62. The van der Waals surface area contributed by atoms with Crippen LogP contribution >= 0.6 is 11.6 Å². The molecule has 5 nitrogen and oxygen atoms in total. The van der Waals surface area contributed by atoms with Gasteiger partial charge in [0.1, 0.15) is 4.90 Å². The summed E-state index contributed by atoms with van der Waals surface area (Å²) in [6, 6.07) is 9.25. The first-order valence-corrected chi connectivity index (χ1v) is 9.01. The fraction of sp³-hybridized carbons (Fsp3) is 0.0769. The molecule has 0 saturated heterocycles. The van der Waals surface area contributed by atoms with E-state index in [1.165, 1.54) is 18.2 Å². The molecule has 0 atom stereocenters. The summed E-state index contributed by atoms with van der Waals surface area (Å²) in [6.45, 7) is 1.81. The van der Waals surface area contributed by atoms with Crippen LogP contribution in [-0.2, 0) is 20.0 Å². The van der Waals surface area contributed by atoms with Crippen molar-refractivity contribution in [1.82, 2.24) is 0 Å². The van der Waals surface area contributed by atoms with Gasteiger partial charge in [0.2, 0.25) is 9.84 Å². The molecule has 0 heterocycles. The molecule has 0 aliphatic carbocycles. The normalized spacial score (nSPS) is 12.3. The van der Waals surface area contributed by atoms with E-state index >= 15 is 0 Å². The van der Waals surface area contributed by atoms with Crippen molar-refractivity contribution < 1.29 is 21.4 Å². The highest BCUT2D eigenvalue weighted by molar-refractivity contribution is 7.91. The quantitative estimate of drug-likeness (QED) is 0.863. The molecular formula is C13H11ClO5S2. The van der Waals surface area contributed by atoms with Crippen molar-refractivity contribution in [2.75, 3.05) is 0 Å². The predicted octanol–water partition coefficient (Wildman–Crippen LogP) is 2.73. The van der Waals surface area contributed by atoms with Crippen LogP contribution in [0.25, 0.3) is 0 Å². The maximum absolute atomic E-state index is 12.4. The lowest BCUT2D eigenvalue weighted by Crippen LogP contribution is -2.05. The molecule has 0 aliphatic heterocycles. The van der Waals surface area contributed by atoms with E-state index in [1.54, 1.807) is 12.1 Å². The first-order valence-electron chi connectivity index (χ1n) is 5.71. The molecule has 1 N–H and O–H groups in total. The zero-order valence-corrected chi connectivity index (χ0v) is 13.2. The van der Waals surface area contributed by atoms with Crippen molar-refractivity contribution in [2.24, 2.45) is 0 Å². The van der Waals surface area contributed by atoms with E-state index in [4.69, 9.17) is 16.2 Å². The summed E-state index contributed by atoms with van der Waals surface area (Å²) in [5, 5.41) is -0.250. The molecule has 2 aromatic carbocycles. The number of halogens is 1. The summed E-state index contributed by atoms with van der Waals surface area (Å²) in [4.78, 5) is -0.877. The maximum Gasteiger partial charge on any atom is 0.296 e. The smallest absolute Gasteiger partial charge is 0.282 e. The molecule has 21 heavy (non-hydrogen) atoms. The van der Waals surface area contributed by atoms with Crippen molar-refractivity contribution in [2.45, 2.75) is 21.6 Å². The van der Waals surface area contributed by atoms with Crippen LogP contribution < -0.4 is 0 Å². The van der Waals surface area contributed by atoms with Gasteiger partial charge in [-0.15, -0.1) is 0 Å². The largest absolute Gasteiger partial charge is 0.296 e. The van der Waals surface area contributed by atoms with Crippen LogP contribution in [0.4, 0.5) is 0 Å². The Labute approximate surface area is 127 Å². The van der Waals surface area contributed by atoms with Crippen molar-refractivity contribution in [3.05, 3.63) is 53.1 Å². The van der Waals surface area contributed by atoms with Crippen molar-refractivity contribution in [3.63, 3.8) is 0 Å². The Morgan fingerprint density at radius 1 is 0.905 bits per heavy atom. The average Bonchev–Trinajstić information content (AvgIpc) is 2.38. The van der Waals surface area contributed by atoms with Gasteiger partial charge in [-0.3, -0.25) is 4.55 Å². The SMILES string of the molecule is Cc1ccc(S(=O)(=O)c2ccc(Cl)c(S(=O)(=O)O)c2)cc1. The van der Waals surface area contributed by atoms with Gasteiger partial charge >= 0.3 is 0 Å². The zero-order chi connectivity index (χ0) is 15.8. The molecule has 0 spiro atoms. The minimum atomic E-state index is -4.60. The van der Waals surface area contributed by atoms with E-state index in [2.05, 4.69) is 0 Å². The van der Waals surface area contributed by atoms with E-state index in [0.717, 1.165) is 17.7 Å². The average molecular weight is 347 g/mol.